The van der Waals surface area contributed by atoms with Crippen LogP contribution in [0.25, 0.3) is 0 Å². The van der Waals surface area contributed by atoms with E-state index >= 15 is 0 Å². The predicted octanol–water partition coefficient (Wildman–Crippen LogP) is 2.35. The number of halogens is 2. The van der Waals surface area contributed by atoms with Crippen LogP contribution in [0.2, 0.25) is 5.02 Å². The Morgan fingerprint density at radius 1 is 1.36 bits per heavy atom. The first-order valence-corrected chi connectivity index (χ1v) is 4.54. The lowest BCUT2D eigenvalue weighted by molar-refractivity contribution is 0.296. The molecule has 0 fully saturated rings. The standard InChI is InChI=1S/C9H8ClFO3/c10-7-8(11)5(12)4-6-9(7)14-3-1-2-13-6/h4,12H,1-3H2. The van der Waals surface area contributed by atoms with E-state index in [2.05, 4.69) is 0 Å². The first kappa shape index (κ1) is 9.40. The second kappa shape index (κ2) is 3.53. The molecule has 0 bridgehead atoms. The van der Waals surface area contributed by atoms with Gasteiger partial charge in [-0.2, -0.15) is 0 Å². The number of ether oxygens (including phenoxy) is 2. The largest absolute Gasteiger partial charge is 0.505 e. The molecule has 1 N–H and O–H groups in total. The lowest BCUT2D eigenvalue weighted by Crippen LogP contribution is -1.97. The highest BCUT2D eigenvalue weighted by Gasteiger charge is 2.20. The van der Waals surface area contributed by atoms with Crippen molar-refractivity contribution in [1.29, 1.82) is 0 Å². The molecule has 0 aliphatic carbocycles. The van der Waals surface area contributed by atoms with Gasteiger partial charge in [0, 0.05) is 12.5 Å². The number of rotatable bonds is 0. The molecule has 0 saturated heterocycles. The highest BCUT2D eigenvalue weighted by Crippen LogP contribution is 2.42. The quantitative estimate of drug-likeness (QED) is 0.727. The second-order valence-corrected chi connectivity index (χ2v) is 3.28. The summed E-state index contributed by atoms with van der Waals surface area (Å²) in [5, 5.41) is 8.92. The summed E-state index contributed by atoms with van der Waals surface area (Å²) in [6.45, 7) is 0.894. The molecule has 0 aromatic heterocycles. The van der Waals surface area contributed by atoms with Gasteiger partial charge in [0.15, 0.2) is 23.1 Å². The fourth-order valence-corrected chi connectivity index (χ4v) is 1.47. The first-order valence-electron chi connectivity index (χ1n) is 4.16. The van der Waals surface area contributed by atoms with Crippen molar-refractivity contribution in [1.82, 2.24) is 0 Å². The Kier molecular flexibility index (Phi) is 2.37. The topological polar surface area (TPSA) is 38.7 Å². The van der Waals surface area contributed by atoms with Crippen LogP contribution in [-0.4, -0.2) is 18.3 Å². The third-order valence-electron chi connectivity index (χ3n) is 1.90. The first-order chi connectivity index (χ1) is 6.70. The Balaban J connectivity index is 2.55. The van der Waals surface area contributed by atoms with Gasteiger partial charge in [-0.15, -0.1) is 0 Å². The van der Waals surface area contributed by atoms with Gasteiger partial charge in [0.2, 0.25) is 0 Å². The smallest absolute Gasteiger partial charge is 0.187 e. The van der Waals surface area contributed by atoms with Crippen LogP contribution in [0.3, 0.4) is 0 Å². The molecule has 2 rings (SSSR count). The zero-order chi connectivity index (χ0) is 10.1. The molecule has 14 heavy (non-hydrogen) atoms. The highest BCUT2D eigenvalue weighted by atomic mass is 35.5. The maximum absolute atomic E-state index is 13.1. The van der Waals surface area contributed by atoms with Crippen molar-refractivity contribution in [2.75, 3.05) is 13.2 Å². The summed E-state index contributed by atoms with van der Waals surface area (Å²) in [5.74, 6) is -0.957. The molecule has 5 heteroatoms. The van der Waals surface area contributed by atoms with Gasteiger partial charge >= 0.3 is 0 Å². The molecule has 3 nitrogen and oxygen atoms in total. The number of fused-ring (bicyclic) bond motifs is 1. The number of hydrogen-bond donors (Lipinski definition) is 1. The van der Waals surface area contributed by atoms with Gasteiger partial charge in [-0.3, -0.25) is 0 Å². The van der Waals surface area contributed by atoms with E-state index in [-0.39, 0.29) is 16.5 Å². The van der Waals surface area contributed by atoms with E-state index in [0.29, 0.717) is 19.6 Å². The number of benzene rings is 1. The monoisotopic (exact) mass is 218 g/mol. The number of phenols is 1. The van der Waals surface area contributed by atoms with E-state index < -0.39 is 11.6 Å². The second-order valence-electron chi connectivity index (χ2n) is 2.90. The van der Waals surface area contributed by atoms with Crippen LogP contribution >= 0.6 is 11.6 Å². The van der Waals surface area contributed by atoms with Crippen LogP contribution in [0.1, 0.15) is 6.42 Å². The van der Waals surface area contributed by atoms with E-state index in [1.54, 1.807) is 0 Å². The van der Waals surface area contributed by atoms with Crippen molar-refractivity contribution in [3.63, 3.8) is 0 Å². The molecule has 0 spiro atoms. The van der Waals surface area contributed by atoms with Gasteiger partial charge in [0.05, 0.1) is 13.2 Å². The molecule has 0 atom stereocenters. The van der Waals surface area contributed by atoms with E-state index in [1.807, 2.05) is 0 Å². The van der Waals surface area contributed by atoms with Crippen LogP contribution < -0.4 is 9.47 Å². The molecule has 1 aromatic rings. The minimum absolute atomic E-state index is 0.166. The molecule has 1 aliphatic rings. The average Bonchev–Trinajstić information content (AvgIpc) is 2.39. The highest BCUT2D eigenvalue weighted by molar-refractivity contribution is 6.32. The summed E-state index contributed by atoms with van der Waals surface area (Å²) < 4.78 is 23.6. The Morgan fingerprint density at radius 2 is 2.07 bits per heavy atom. The summed E-state index contributed by atoms with van der Waals surface area (Å²) >= 11 is 5.65. The van der Waals surface area contributed by atoms with Gasteiger partial charge in [0.1, 0.15) is 5.02 Å². The van der Waals surface area contributed by atoms with E-state index in [9.17, 15) is 4.39 Å². The fraction of sp³-hybridized carbons (Fsp3) is 0.333. The Morgan fingerprint density at radius 3 is 2.86 bits per heavy atom. The normalized spacial score (nSPS) is 15.0. The van der Waals surface area contributed by atoms with Gasteiger partial charge in [-0.1, -0.05) is 11.6 Å². The van der Waals surface area contributed by atoms with E-state index in [4.69, 9.17) is 26.2 Å². The van der Waals surface area contributed by atoms with Crippen LogP contribution in [0, 0.1) is 5.82 Å². The molecule has 76 valence electrons. The summed E-state index contributed by atoms with van der Waals surface area (Å²) in [7, 11) is 0. The van der Waals surface area contributed by atoms with Crippen molar-refractivity contribution in [3.05, 3.63) is 16.9 Å². The lowest BCUT2D eigenvalue weighted by Gasteiger charge is -2.10. The molecular weight excluding hydrogens is 211 g/mol. The third-order valence-corrected chi connectivity index (χ3v) is 2.24. The van der Waals surface area contributed by atoms with Crippen LogP contribution in [0.15, 0.2) is 6.07 Å². The van der Waals surface area contributed by atoms with E-state index in [0.717, 1.165) is 0 Å². The van der Waals surface area contributed by atoms with Gasteiger partial charge < -0.3 is 14.6 Å². The summed E-state index contributed by atoms with van der Waals surface area (Å²) in [6.07, 6.45) is 0.702. The maximum atomic E-state index is 13.1. The molecule has 1 heterocycles. The van der Waals surface area contributed by atoms with Gasteiger partial charge in [-0.25, -0.2) is 4.39 Å². The predicted molar refractivity (Wildman–Crippen MR) is 48.7 cm³/mol. The van der Waals surface area contributed by atoms with Crippen molar-refractivity contribution in [2.45, 2.75) is 6.42 Å². The number of hydrogen-bond acceptors (Lipinski definition) is 3. The zero-order valence-electron chi connectivity index (χ0n) is 7.22. The van der Waals surface area contributed by atoms with Gasteiger partial charge in [-0.05, 0) is 0 Å². The minimum atomic E-state index is -0.879. The molecule has 0 unspecified atom stereocenters. The van der Waals surface area contributed by atoms with Crippen LogP contribution in [0.4, 0.5) is 4.39 Å². The number of phenolic OH excluding ortho intramolecular Hbond substituents is 1. The third kappa shape index (κ3) is 1.46. The van der Waals surface area contributed by atoms with Crippen LogP contribution in [-0.2, 0) is 0 Å². The molecular formula is C9H8ClFO3. The van der Waals surface area contributed by atoms with Crippen molar-refractivity contribution in [2.24, 2.45) is 0 Å². The fourth-order valence-electron chi connectivity index (χ4n) is 1.23. The van der Waals surface area contributed by atoms with Gasteiger partial charge in [0.25, 0.3) is 0 Å². The van der Waals surface area contributed by atoms with E-state index in [1.165, 1.54) is 6.07 Å². The summed E-state index contributed by atoms with van der Waals surface area (Å²) in [6, 6.07) is 1.17. The molecule has 1 aliphatic heterocycles. The Hall–Kier alpha value is -1.16. The average molecular weight is 219 g/mol. The lowest BCUT2D eigenvalue weighted by atomic mass is 10.3. The molecule has 0 saturated carbocycles. The summed E-state index contributed by atoms with van der Waals surface area (Å²) in [4.78, 5) is 0. The molecule has 0 radical (unpaired) electrons. The van der Waals surface area contributed by atoms with Crippen molar-refractivity contribution in [3.8, 4) is 17.2 Å². The minimum Gasteiger partial charge on any atom is -0.505 e. The van der Waals surface area contributed by atoms with Crippen LogP contribution in [0.5, 0.6) is 17.2 Å². The Bertz CT molecular complexity index is 368. The Labute approximate surface area is 85.0 Å². The maximum Gasteiger partial charge on any atom is 0.187 e. The number of aromatic hydroxyl groups is 1. The van der Waals surface area contributed by atoms with Crippen molar-refractivity contribution < 1.29 is 19.0 Å². The molecule has 0 amide bonds. The van der Waals surface area contributed by atoms with Crippen molar-refractivity contribution >= 4 is 11.6 Å². The summed E-state index contributed by atoms with van der Waals surface area (Å²) in [5.41, 5.74) is 0. The SMILES string of the molecule is Oc1cc2c(c(Cl)c1F)OCCCO2. The zero-order valence-corrected chi connectivity index (χ0v) is 7.97. The molecule has 1 aromatic carbocycles.